The summed E-state index contributed by atoms with van der Waals surface area (Å²) in [6.45, 7) is 2.28. The SMILES string of the molecule is C[C@H]1CCCC[C@H]1NC(=S)Nc1ccc(O)cc1. The zero-order valence-electron chi connectivity index (χ0n) is 10.6. The summed E-state index contributed by atoms with van der Waals surface area (Å²) in [6.07, 6.45) is 5.08. The van der Waals surface area contributed by atoms with Crippen LogP contribution in [0.1, 0.15) is 32.6 Å². The maximum Gasteiger partial charge on any atom is 0.171 e. The van der Waals surface area contributed by atoms with Crippen molar-refractivity contribution in [2.75, 3.05) is 5.32 Å². The number of phenolic OH excluding ortho intramolecular Hbond substituents is 1. The number of phenols is 1. The topological polar surface area (TPSA) is 44.3 Å². The number of aromatic hydroxyl groups is 1. The highest BCUT2D eigenvalue weighted by Gasteiger charge is 2.21. The van der Waals surface area contributed by atoms with Gasteiger partial charge in [0.2, 0.25) is 0 Å². The standard InChI is InChI=1S/C14H20N2OS/c1-10-4-2-3-5-13(10)16-14(18)15-11-6-8-12(17)9-7-11/h6-10,13,17H,2-5H2,1H3,(H2,15,16,18)/t10-,13+/m0/s1. The fourth-order valence-electron chi connectivity index (χ4n) is 2.41. The van der Waals surface area contributed by atoms with Crippen LogP contribution in [-0.2, 0) is 0 Å². The Morgan fingerprint density at radius 3 is 2.56 bits per heavy atom. The highest BCUT2D eigenvalue weighted by atomic mass is 32.1. The Morgan fingerprint density at radius 2 is 1.89 bits per heavy atom. The number of nitrogens with one attached hydrogen (secondary N) is 2. The lowest BCUT2D eigenvalue weighted by molar-refractivity contribution is 0.309. The summed E-state index contributed by atoms with van der Waals surface area (Å²) >= 11 is 5.32. The van der Waals surface area contributed by atoms with Gasteiger partial charge >= 0.3 is 0 Å². The number of hydrogen-bond donors (Lipinski definition) is 3. The van der Waals surface area contributed by atoms with Gasteiger partial charge in [-0.15, -0.1) is 0 Å². The van der Waals surface area contributed by atoms with Crippen LogP contribution in [0.2, 0.25) is 0 Å². The lowest BCUT2D eigenvalue weighted by Gasteiger charge is -2.30. The maximum atomic E-state index is 9.21. The molecule has 0 unspecified atom stereocenters. The predicted molar refractivity (Wildman–Crippen MR) is 78.9 cm³/mol. The summed E-state index contributed by atoms with van der Waals surface area (Å²) in [7, 11) is 0. The summed E-state index contributed by atoms with van der Waals surface area (Å²) in [6, 6.07) is 7.40. The molecule has 4 heteroatoms. The molecule has 0 aromatic heterocycles. The lowest BCUT2D eigenvalue weighted by atomic mass is 9.86. The molecular formula is C14H20N2OS. The molecule has 0 heterocycles. The Kier molecular flexibility index (Phi) is 4.42. The van der Waals surface area contributed by atoms with Crippen LogP contribution >= 0.6 is 12.2 Å². The molecule has 98 valence electrons. The lowest BCUT2D eigenvalue weighted by Crippen LogP contribution is -2.43. The first-order chi connectivity index (χ1) is 8.65. The van der Waals surface area contributed by atoms with Gasteiger partial charge in [-0.05, 0) is 55.2 Å². The Morgan fingerprint density at radius 1 is 1.22 bits per heavy atom. The molecular weight excluding hydrogens is 244 g/mol. The molecule has 1 aromatic rings. The van der Waals surface area contributed by atoms with Crippen LogP contribution in [0, 0.1) is 5.92 Å². The van der Waals surface area contributed by atoms with Crippen LogP contribution < -0.4 is 10.6 Å². The van der Waals surface area contributed by atoms with Gasteiger partial charge in [0.15, 0.2) is 5.11 Å². The molecule has 1 saturated carbocycles. The van der Waals surface area contributed by atoms with Crippen molar-refractivity contribution >= 4 is 23.0 Å². The second-order valence-corrected chi connectivity index (χ2v) is 5.42. The molecule has 0 radical (unpaired) electrons. The van der Waals surface area contributed by atoms with E-state index in [1.165, 1.54) is 25.7 Å². The normalized spacial score (nSPS) is 23.4. The van der Waals surface area contributed by atoms with Crippen molar-refractivity contribution in [3.63, 3.8) is 0 Å². The third kappa shape index (κ3) is 3.60. The molecule has 2 rings (SSSR count). The van der Waals surface area contributed by atoms with Gasteiger partial charge in [-0.25, -0.2) is 0 Å². The van der Waals surface area contributed by atoms with Crippen LogP contribution in [0.25, 0.3) is 0 Å². The van der Waals surface area contributed by atoms with E-state index < -0.39 is 0 Å². The first kappa shape index (κ1) is 13.1. The number of thiocarbonyl (C=S) groups is 1. The van der Waals surface area contributed by atoms with Gasteiger partial charge in [0.25, 0.3) is 0 Å². The van der Waals surface area contributed by atoms with Crippen molar-refractivity contribution in [1.29, 1.82) is 0 Å². The number of anilines is 1. The molecule has 3 N–H and O–H groups in total. The Bertz CT molecular complexity index is 405. The minimum Gasteiger partial charge on any atom is -0.508 e. The van der Waals surface area contributed by atoms with E-state index in [9.17, 15) is 5.11 Å². The molecule has 0 spiro atoms. The van der Waals surface area contributed by atoms with E-state index in [1.54, 1.807) is 12.1 Å². The van der Waals surface area contributed by atoms with Gasteiger partial charge in [0, 0.05) is 11.7 Å². The number of rotatable bonds is 2. The maximum absolute atomic E-state index is 9.21. The molecule has 3 nitrogen and oxygen atoms in total. The first-order valence-corrected chi connectivity index (χ1v) is 6.92. The summed E-state index contributed by atoms with van der Waals surface area (Å²) in [5.41, 5.74) is 0.897. The molecule has 0 amide bonds. The highest BCUT2D eigenvalue weighted by molar-refractivity contribution is 7.80. The van der Waals surface area contributed by atoms with Gasteiger partial charge in [-0.3, -0.25) is 0 Å². The minimum absolute atomic E-state index is 0.264. The largest absolute Gasteiger partial charge is 0.508 e. The van der Waals surface area contributed by atoms with E-state index in [0.29, 0.717) is 17.1 Å². The molecule has 1 aliphatic carbocycles. The van der Waals surface area contributed by atoms with Crippen LogP contribution in [0.4, 0.5) is 5.69 Å². The molecule has 0 saturated heterocycles. The first-order valence-electron chi connectivity index (χ1n) is 6.51. The zero-order valence-corrected chi connectivity index (χ0v) is 11.5. The van der Waals surface area contributed by atoms with Crippen molar-refractivity contribution in [2.24, 2.45) is 5.92 Å². The Hall–Kier alpha value is -1.29. The quantitative estimate of drug-likeness (QED) is 0.567. The van der Waals surface area contributed by atoms with Gasteiger partial charge in [0.05, 0.1) is 0 Å². The number of benzene rings is 1. The van der Waals surface area contributed by atoms with E-state index in [-0.39, 0.29) is 5.75 Å². The monoisotopic (exact) mass is 264 g/mol. The molecule has 0 aliphatic heterocycles. The molecule has 1 aliphatic rings. The van der Waals surface area contributed by atoms with E-state index in [1.807, 2.05) is 12.1 Å². The third-order valence-corrected chi connectivity index (χ3v) is 3.77. The van der Waals surface area contributed by atoms with Crippen LogP contribution in [0.5, 0.6) is 5.75 Å². The van der Waals surface area contributed by atoms with Crippen LogP contribution in [-0.4, -0.2) is 16.3 Å². The smallest absolute Gasteiger partial charge is 0.171 e. The van der Waals surface area contributed by atoms with Gasteiger partial charge < -0.3 is 15.7 Å². The van der Waals surface area contributed by atoms with E-state index >= 15 is 0 Å². The van der Waals surface area contributed by atoms with Crippen molar-refractivity contribution in [1.82, 2.24) is 5.32 Å². The fraction of sp³-hybridized carbons (Fsp3) is 0.500. The molecule has 2 atom stereocenters. The number of hydrogen-bond acceptors (Lipinski definition) is 2. The van der Waals surface area contributed by atoms with Crippen LogP contribution in [0.15, 0.2) is 24.3 Å². The van der Waals surface area contributed by atoms with Gasteiger partial charge in [-0.2, -0.15) is 0 Å². The van der Waals surface area contributed by atoms with Crippen molar-refractivity contribution in [3.8, 4) is 5.75 Å². The molecule has 1 fully saturated rings. The van der Waals surface area contributed by atoms with Crippen molar-refractivity contribution in [3.05, 3.63) is 24.3 Å². The highest BCUT2D eigenvalue weighted by Crippen LogP contribution is 2.23. The average molecular weight is 264 g/mol. The summed E-state index contributed by atoms with van der Waals surface area (Å²) < 4.78 is 0. The fourth-order valence-corrected chi connectivity index (χ4v) is 2.68. The Balaban J connectivity index is 1.86. The molecule has 18 heavy (non-hydrogen) atoms. The van der Waals surface area contributed by atoms with E-state index in [2.05, 4.69) is 17.6 Å². The van der Waals surface area contributed by atoms with Gasteiger partial charge in [-0.1, -0.05) is 19.8 Å². The second-order valence-electron chi connectivity index (χ2n) is 5.01. The van der Waals surface area contributed by atoms with Crippen molar-refractivity contribution < 1.29 is 5.11 Å². The summed E-state index contributed by atoms with van der Waals surface area (Å²) in [5, 5.41) is 16.4. The second kappa shape index (κ2) is 6.05. The molecule has 1 aromatic carbocycles. The predicted octanol–water partition coefficient (Wildman–Crippen LogP) is 3.26. The molecule has 0 bridgehead atoms. The van der Waals surface area contributed by atoms with E-state index in [0.717, 1.165) is 5.69 Å². The third-order valence-electron chi connectivity index (χ3n) is 3.55. The average Bonchev–Trinajstić information content (AvgIpc) is 2.35. The summed E-state index contributed by atoms with van der Waals surface area (Å²) in [4.78, 5) is 0. The van der Waals surface area contributed by atoms with Crippen molar-refractivity contribution in [2.45, 2.75) is 38.6 Å². The van der Waals surface area contributed by atoms with Gasteiger partial charge in [0.1, 0.15) is 5.75 Å². The summed E-state index contributed by atoms with van der Waals surface area (Å²) in [5.74, 6) is 0.943. The zero-order chi connectivity index (χ0) is 13.0. The Labute approximate surface area is 114 Å². The minimum atomic E-state index is 0.264. The van der Waals surface area contributed by atoms with Crippen LogP contribution in [0.3, 0.4) is 0 Å². The van der Waals surface area contributed by atoms with E-state index in [4.69, 9.17) is 12.2 Å².